The molecule has 1 rings (SSSR count). The van der Waals surface area contributed by atoms with Crippen molar-refractivity contribution in [2.24, 2.45) is 0 Å². The molecule has 1 aromatic heterocycles. The van der Waals surface area contributed by atoms with Gasteiger partial charge in [-0.05, 0) is 27.0 Å². The van der Waals surface area contributed by atoms with Crippen LogP contribution in [-0.2, 0) is 0 Å². The van der Waals surface area contributed by atoms with E-state index >= 15 is 0 Å². The van der Waals surface area contributed by atoms with Gasteiger partial charge in [-0.3, -0.25) is 0 Å². The Morgan fingerprint density at radius 3 is 2.79 bits per heavy atom. The van der Waals surface area contributed by atoms with Crippen molar-refractivity contribution < 1.29 is 0 Å². The second-order valence-corrected chi connectivity index (χ2v) is 5.51. The molecule has 0 radical (unpaired) electrons. The van der Waals surface area contributed by atoms with Gasteiger partial charge < -0.3 is 5.32 Å². The van der Waals surface area contributed by atoms with Crippen LogP contribution in [0.25, 0.3) is 0 Å². The van der Waals surface area contributed by atoms with Gasteiger partial charge in [0, 0.05) is 23.2 Å². The van der Waals surface area contributed by atoms with Crippen molar-refractivity contribution in [2.75, 3.05) is 12.0 Å². The Hall–Kier alpha value is -0.0600. The summed E-state index contributed by atoms with van der Waals surface area (Å²) >= 11 is 3.59. The molecule has 2 unspecified atom stereocenters. The van der Waals surface area contributed by atoms with E-state index in [4.69, 9.17) is 0 Å². The molecule has 2 atom stereocenters. The lowest BCUT2D eigenvalue weighted by atomic mass is 10.2. The van der Waals surface area contributed by atoms with E-state index in [0.717, 1.165) is 10.8 Å². The molecule has 0 aliphatic rings. The SMILES string of the molecule is CSCC(C)NC(C)c1csc(C)n1. The Kier molecular flexibility index (Phi) is 4.92. The first-order valence-corrected chi connectivity index (χ1v) is 7.08. The van der Waals surface area contributed by atoms with Gasteiger partial charge in [0.05, 0.1) is 10.7 Å². The van der Waals surface area contributed by atoms with Crippen molar-refractivity contribution in [1.29, 1.82) is 0 Å². The number of thiazole rings is 1. The van der Waals surface area contributed by atoms with Crippen molar-refractivity contribution in [3.63, 3.8) is 0 Å². The topological polar surface area (TPSA) is 24.9 Å². The predicted octanol–water partition coefficient (Wildman–Crippen LogP) is 2.85. The van der Waals surface area contributed by atoms with Crippen LogP contribution in [0.5, 0.6) is 0 Å². The molecule has 0 aliphatic carbocycles. The van der Waals surface area contributed by atoms with Crippen LogP contribution >= 0.6 is 23.1 Å². The van der Waals surface area contributed by atoms with E-state index in [0.29, 0.717) is 12.1 Å². The van der Waals surface area contributed by atoms with Crippen LogP contribution < -0.4 is 5.32 Å². The normalized spacial score (nSPS) is 15.4. The largest absolute Gasteiger partial charge is 0.305 e. The summed E-state index contributed by atoms with van der Waals surface area (Å²) < 4.78 is 0. The molecular formula is C10H18N2S2. The highest BCUT2D eigenvalue weighted by molar-refractivity contribution is 7.98. The van der Waals surface area contributed by atoms with Crippen molar-refractivity contribution in [1.82, 2.24) is 10.3 Å². The molecule has 4 heteroatoms. The summed E-state index contributed by atoms with van der Waals surface area (Å²) in [4.78, 5) is 4.47. The molecule has 0 aliphatic heterocycles. The molecule has 0 saturated heterocycles. The van der Waals surface area contributed by atoms with Crippen LogP contribution in [0.2, 0.25) is 0 Å². The molecule has 2 nitrogen and oxygen atoms in total. The number of rotatable bonds is 5. The second kappa shape index (κ2) is 5.73. The maximum Gasteiger partial charge on any atom is 0.0898 e. The predicted molar refractivity (Wildman–Crippen MR) is 66.2 cm³/mol. The third-order valence-corrected chi connectivity index (χ3v) is 3.66. The quantitative estimate of drug-likeness (QED) is 0.842. The standard InChI is InChI=1S/C10H18N2S2/c1-7(5-13-4)11-8(2)10-6-14-9(3)12-10/h6-8,11H,5H2,1-4H3. The fourth-order valence-corrected chi connectivity index (χ4v) is 2.69. The van der Waals surface area contributed by atoms with E-state index in [2.05, 4.69) is 35.8 Å². The molecule has 0 spiro atoms. The van der Waals surface area contributed by atoms with Crippen molar-refractivity contribution in [3.8, 4) is 0 Å². The maximum absolute atomic E-state index is 4.47. The molecule has 0 aromatic carbocycles. The van der Waals surface area contributed by atoms with E-state index in [1.54, 1.807) is 11.3 Å². The molecule has 0 fully saturated rings. The minimum Gasteiger partial charge on any atom is -0.305 e. The smallest absolute Gasteiger partial charge is 0.0898 e. The molecule has 1 heterocycles. The minimum absolute atomic E-state index is 0.363. The number of aryl methyl sites for hydroxylation is 1. The van der Waals surface area contributed by atoms with Crippen LogP contribution in [0.4, 0.5) is 0 Å². The average molecular weight is 230 g/mol. The molecule has 0 amide bonds. The van der Waals surface area contributed by atoms with Crippen molar-refractivity contribution in [2.45, 2.75) is 32.9 Å². The monoisotopic (exact) mass is 230 g/mol. The lowest BCUT2D eigenvalue weighted by Gasteiger charge is -2.17. The summed E-state index contributed by atoms with van der Waals surface area (Å²) in [5.74, 6) is 1.15. The molecule has 14 heavy (non-hydrogen) atoms. The zero-order valence-electron chi connectivity index (χ0n) is 9.20. The van der Waals surface area contributed by atoms with E-state index in [1.165, 1.54) is 5.69 Å². The van der Waals surface area contributed by atoms with Crippen molar-refractivity contribution in [3.05, 3.63) is 16.1 Å². The Morgan fingerprint density at radius 1 is 1.57 bits per heavy atom. The summed E-state index contributed by atoms with van der Waals surface area (Å²) in [6.07, 6.45) is 2.13. The molecule has 1 aromatic rings. The number of nitrogens with zero attached hydrogens (tertiary/aromatic N) is 1. The fourth-order valence-electron chi connectivity index (χ4n) is 1.39. The van der Waals surface area contributed by atoms with Gasteiger partial charge in [0.25, 0.3) is 0 Å². The van der Waals surface area contributed by atoms with Gasteiger partial charge in [0.15, 0.2) is 0 Å². The Morgan fingerprint density at radius 2 is 2.29 bits per heavy atom. The average Bonchev–Trinajstić information content (AvgIpc) is 2.52. The number of hydrogen-bond acceptors (Lipinski definition) is 4. The third-order valence-electron chi connectivity index (χ3n) is 2.03. The summed E-state index contributed by atoms with van der Waals surface area (Å²) in [5.41, 5.74) is 1.17. The van der Waals surface area contributed by atoms with Crippen molar-refractivity contribution >= 4 is 23.1 Å². The van der Waals surface area contributed by atoms with Gasteiger partial charge in [0.2, 0.25) is 0 Å². The van der Waals surface area contributed by atoms with Gasteiger partial charge in [0.1, 0.15) is 0 Å². The van der Waals surface area contributed by atoms with E-state index < -0.39 is 0 Å². The lowest BCUT2D eigenvalue weighted by Crippen LogP contribution is -2.30. The van der Waals surface area contributed by atoms with E-state index in [-0.39, 0.29) is 0 Å². The lowest BCUT2D eigenvalue weighted by molar-refractivity contribution is 0.503. The van der Waals surface area contributed by atoms with Gasteiger partial charge >= 0.3 is 0 Å². The highest BCUT2D eigenvalue weighted by Gasteiger charge is 2.11. The number of thioether (sulfide) groups is 1. The first-order chi connectivity index (χ1) is 6.63. The zero-order valence-corrected chi connectivity index (χ0v) is 10.8. The summed E-state index contributed by atoms with van der Waals surface area (Å²) in [6, 6.07) is 0.907. The van der Waals surface area contributed by atoms with Gasteiger partial charge in [-0.25, -0.2) is 4.98 Å². The number of aromatic nitrogens is 1. The van der Waals surface area contributed by atoms with Gasteiger partial charge in [-0.2, -0.15) is 11.8 Å². The molecule has 80 valence electrons. The second-order valence-electron chi connectivity index (χ2n) is 3.54. The van der Waals surface area contributed by atoms with Crippen LogP contribution in [0.15, 0.2) is 5.38 Å². The third kappa shape index (κ3) is 3.59. The van der Waals surface area contributed by atoms with Crippen LogP contribution in [0, 0.1) is 6.92 Å². The Balaban J connectivity index is 2.45. The van der Waals surface area contributed by atoms with E-state index in [1.807, 2.05) is 18.7 Å². The summed E-state index contributed by atoms with van der Waals surface area (Å²) in [5, 5.41) is 6.82. The van der Waals surface area contributed by atoms with E-state index in [9.17, 15) is 0 Å². The molecular weight excluding hydrogens is 212 g/mol. The van der Waals surface area contributed by atoms with Gasteiger partial charge in [-0.1, -0.05) is 0 Å². The first-order valence-electron chi connectivity index (χ1n) is 4.80. The Labute approximate surface area is 94.5 Å². The highest BCUT2D eigenvalue weighted by Crippen LogP contribution is 2.16. The number of hydrogen-bond donors (Lipinski definition) is 1. The van der Waals surface area contributed by atoms with Crippen LogP contribution in [-0.4, -0.2) is 23.0 Å². The molecule has 0 bridgehead atoms. The van der Waals surface area contributed by atoms with Crippen LogP contribution in [0.3, 0.4) is 0 Å². The number of nitrogens with one attached hydrogen (secondary N) is 1. The summed E-state index contributed by atoms with van der Waals surface area (Å²) in [7, 11) is 0. The minimum atomic E-state index is 0.363. The van der Waals surface area contributed by atoms with Crippen LogP contribution in [0.1, 0.15) is 30.6 Å². The highest BCUT2D eigenvalue weighted by atomic mass is 32.2. The zero-order chi connectivity index (χ0) is 10.6. The molecule has 0 saturated carbocycles. The molecule has 1 N–H and O–H groups in total. The maximum atomic E-state index is 4.47. The first kappa shape index (κ1) is 12.0. The van der Waals surface area contributed by atoms with Gasteiger partial charge in [-0.15, -0.1) is 11.3 Å². The summed E-state index contributed by atoms with van der Waals surface area (Å²) in [6.45, 7) is 6.43. The fraction of sp³-hybridized carbons (Fsp3) is 0.700. The Bertz CT molecular complexity index is 273.